The number of nitrogens with one attached hydrogen (secondary N) is 1. The molecule has 1 aliphatic heterocycles. The summed E-state index contributed by atoms with van der Waals surface area (Å²) in [6.45, 7) is 2.07. The molecule has 9 heavy (non-hydrogen) atoms. The predicted molar refractivity (Wildman–Crippen MR) is 34.1 cm³/mol. The van der Waals surface area contributed by atoms with Gasteiger partial charge in [-0.25, -0.2) is 0 Å². The summed E-state index contributed by atoms with van der Waals surface area (Å²) >= 11 is 0. The Hall–Kier alpha value is -0.760. The van der Waals surface area contributed by atoms with E-state index in [1.807, 2.05) is 18.3 Å². The largest absolute Gasteiger partial charge is 0.363 e. The van der Waals surface area contributed by atoms with Crippen LogP contribution in [0.2, 0.25) is 0 Å². The van der Waals surface area contributed by atoms with E-state index >= 15 is 0 Å². The minimum absolute atomic E-state index is 0.347. The van der Waals surface area contributed by atoms with Gasteiger partial charge in [-0.1, -0.05) is 0 Å². The van der Waals surface area contributed by atoms with Crippen molar-refractivity contribution in [2.75, 3.05) is 0 Å². The first-order chi connectivity index (χ1) is 4.38. The summed E-state index contributed by atoms with van der Waals surface area (Å²) in [7, 11) is 0. The molecule has 1 aliphatic rings. The van der Waals surface area contributed by atoms with Crippen molar-refractivity contribution in [3.63, 3.8) is 0 Å². The summed E-state index contributed by atoms with van der Waals surface area (Å²) in [5.41, 5.74) is 1.20. The number of hydrogen-bond donors (Lipinski definition) is 1. The highest BCUT2D eigenvalue weighted by Crippen LogP contribution is 2.36. The normalized spacial score (nSPS) is 32.6. The molecule has 2 unspecified atom stereocenters. The fourth-order valence-corrected chi connectivity index (χ4v) is 1.03. The second-order valence-corrected chi connectivity index (χ2v) is 2.39. The van der Waals surface area contributed by atoms with Gasteiger partial charge >= 0.3 is 0 Å². The average Bonchev–Trinajstić information content (AvgIpc) is 2.44. The molecule has 2 heteroatoms. The minimum Gasteiger partial charge on any atom is -0.363 e. The number of epoxide rings is 1. The standard InChI is InChI=1S/C7H9NO/c1-5-7(9-5)6-3-2-4-8-6/h2-5,7-8H,1H3. The topological polar surface area (TPSA) is 28.3 Å². The van der Waals surface area contributed by atoms with E-state index in [-0.39, 0.29) is 0 Å². The second-order valence-electron chi connectivity index (χ2n) is 2.39. The van der Waals surface area contributed by atoms with Crippen molar-refractivity contribution < 1.29 is 4.74 Å². The Morgan fingerprint density at radius 2 is 2.44 bits per heavy atom. The molecule has 2 atom stereocenters. The van der Waals surface area contributed by atoms with E-state index in [1.54, 1.807) is 0 Å². The molecular formula is C7H9NO. The molecule has 0 saturated carbocycles. The molecular weight excluding hydrogens is 114 g/mol. The van der Waals surface area contributed by atoms with E-state index < -0.39 is 0 Å². The van der Waals surface area contributed by atoms with Crippen molar-refractivity contribution in [3.8, 4) is 0 Å². The molecule has 1 saturated heterocycles. The van der Waals surface area contributed by atoms with Crippen LogP contribution in [-0.4, -0.2) is 11.1 Å². The smallest absolute Gasteiger partial charge is 0.123 e. The minimum atomic E-state index is 0.347. The highest BCUT2D eigenvalue weighted by Gasteiger charge is 2.36. The third-order valence-corrected chi connectivity index (χ3v) is 1.64. The van der Waals surface area contributed by atoms with Crippen molar-refractivity contribution in [2.45, 2.75) is 19.1 Å². The molecule has 2 rings (SSSR count). The van der Waals surface area contributed by atoms with Crippen LogP contribution in [-0.2, 0) is 4.74 Å². The molecule has 2 nitrogen and oxygen atoms in total. The van der Waals surface area contributed by atoms with Crippen LogP contribution in [0.4, 0.5) is 0 Å². The van der Waals surface area contributed by atoms with Gasteiger partial charge in [-0.2, -0.15) is 0 Å². The Balaban J connectivity index is 2.18. The lowest BCUT2D eigenvalue weighted by Crippen LogP contribution is -1.80. The lowest BCUT2D eigenvalue weighted by molar-refractivity contribution is 0.380. The molecule has 0 amide bonds. The summed E-state index contributed by atoms with van der Waals surface area (Å²) in [6.07, 6.45) is 2.69. The predicted octanol–water partition coefficient (Wildman–Crippen LogP) is 1.47. The highest BCUT2D eigenvalue weighted by molar-refractivity contribution is 5.12. The van der Waals surface area contributed by atoms with Crippen molar-refractivity contribution in [1.29, 1.82) is 0 Å². The van der Waals surface area contributed by atoms with Gasteiger partial charge in [0, 0.05) is 11.9 Å². The molecule has 1 aromatic heterocycles. The number of aromatic nitrogens is 1. The van der Waals surface area contributed by atoms with Gasteiger partial charge in [0.15, 0.2) is 0 Å². The Bertz CT molecular complexity index is 193. The average molecular weight is 123 g/mol. The molecule has 1 aromatic rings. The number of H-pyrrole nitrogens is 1. The molecule has 1 fully saturated rings. The number of aromatic amines is 1. The molecule has 0 bridgehead atoms. The molecule has 0 aromatic carbocycles. The molecule has 48 valence electrons. The summed E-state index contributed by atoms with van der Waals surface area (Å²) in [5.74, 6) is 0. The Morgan fingerprint density at radius 1 is 1.67 bits per heavy atom. The summed E-state index contributed by atoms with van der Waals surface area (Å²) in [6, 6.07) is 4.04. The van der Waals surface area contributed by atoms with Crippen LogP contribution in [0.15, 0.2) is 18.3 Å². The second kappa shape index (κ2) is 1.61. The zero-order valence-corrected chi connectivity index (χ0v) is 5.29. The van der Waals surface area contributed by atoms with Crippen LogP contribution in [0.3, 0.4) is 0 Å². The SMILES string of the molecule is CC1OC1c1ccc[nH]1. The van der Waals surface area contributed by atoms with Gasteiger partial charge in [-0.15, -0.1) is 0 Å². The number of ether oxygens (including phenoxy) is 1. The summed E-state index contributed by atoms with van der Waals surface area (Å²) in [4.78, 5) is 3.10. The fraction of sp³-hybridized carbons (Fsp3) is 0.429. The monoisotopic (exact) mass is 123 g/mol. The van der Waals surface area contributed by atoms with E-state index in [0.29, 0.717) is 12.2 Å². The number of hydrogen-bond acceptors (Lipinski definition) is 1. The molecule has 0 radical (unpaired) electrons. The molecule has 1 N–H and O–H groups in total. The third-order valence-electron chi connectivity index (χ3n) is 1.64. The zero-order valence-electron chi connectivity index (χ0n) is 5.29. The quantitative estimate of drug-likeness (QED) is 0.563. The summed E-state index contributed by atoms with van der Waals surface area (Å²) < 4.78 is 5.23. The van der Waals surface area contributed by atoms with Gasteiger partial charge in [-0.05, 0) is 19.1 Å². The number of rotatable bonds is 1. The Morgan fingerprint density at radius 3 is 2.89 bits per heavy atom. The first kappa shape index (κ1) is 5.06. The maximum absolute atomic E-state index is 5.23. The van der Waals surface area contributed by atoms with E-state index in [1.165, 1.54) is 5.69 Å². The zero-order chi connectivity index (χ0) is 6.27. The van der Waals surface area contributed by atoms with Crippen LogP contribution in [0.1, 0.15) is 18.7 Å². The van der Waals surface area contributed by atoms with Crippen molar-refractivity contribution >= 4 is 0 Å². The maximum Gasteiger partial charge on any atom is 0.123 e. The Kier molecular flexibility index (Phi) is 0.904. The summed E-state index contributed by atoms with van der Waals surface area (Å²) in [5, 5.41) is 0. The first-order valence-corrected chi connectivity index (χ1v) is 3.16. The third kappa shape index (κ3) is 0.754. The highest BCUT2D eigenvalue weighted by atomic mass is 16.6. The van der Waals surface area contributed by atoms with Crippen molar-refractivity contribution in [1.82, 2.24) is 4.98 Å². The fourth-order valence-electron chi connectivity index (χ4n) is 1.03. The van der Waals surface area contributed by atoms with Gasteiger partial charge in [0.1, 0.15) is 6.10 Å². The van der Waals surface area contributed by atoms with Crippen molar-refractivity contribution in [3.05, 3.63) is 24.0 Å². The van der Waals surface area contributed by atoms with Crippen molar-refractivity contribution in [2.24, 2.45) is 0 Å². The van der Waals surface area contributed by atoms with Crippen LogP contribution in [0.5, 0.6) is 0 Å². The first-order valence-electron chi connectivity index (χ1n) is 3.16. The van der Waals surface area contributed by atoms with E-state index in [2.05, 4.69) is 11.9 Å². The molecule has 0 aliphatic carbocycles. The van der Waals surface area contributed by atoms with Crippen LogP contribution in [0, 0.1) is 0 Å². The van der Waals surface area contributed by atoms with Gasteiger partial charge < -0.3 is 9.72 Å². The lowest BCUT2D eigenvalue weighted by atomic mass is 10.3. The molecule has 2 heterocycles. The maximum atomic E-state index is 5.23. The van der Waals surface area contributed by atoms with E-state index in [4.69, 9.17) is 4.74 Å². The van der Waals surface area contributed by atoms with Gasteiger partial charge in [0.25, 0.3) is 0 Å². The van der Waals surface area contributed by atoms with Crippen LogP contribution in [0.25, 0.3) is 0 Å². The van der Waals surface area contributed by atoms with Gasteiger partial charge in [0.2, 0.25) is 0 Å². The van der Waals surface area contributed by atoms with Crippen LogP contribution >= 0.6 is 0 Å². The lowest BCUT2D eigenvalue weighted by Gasteiger charge is -1.83. The molecule has 0 spiro atoms. The van der Waals surface area contributed by atoms with E-state index in [0.717, 1.165) is 0 Å². The van der Waals surface area contributed by atoms with Gasteiger partial charge in [0.05, 0.1) is 6.10 Å². The van der Waals surface area contributed by atoms with Gasteiger partial charge in [-0.3, -0.25) is 0 Å². The van der Waals surface area contributed by atoms with E-state index in [9.17, 15) is 0 Å². The van der Waals surface area contributed by atoms with Crippen LogP contribution < -0.4 is 0 Å². The Labute approximate surface area is 53.8 Å².